The molecule has 0 spiro atoms. The molecule has 5 heteroatoms. The fourth-order valence-electron chi connectivity index (χ4n) is 1.88. The molecule has 0 radical (unpaired) electrons. The summed E-state index contributed by atoms with van der Waals surface area (Å²) in [6, 6.07) is 10.9. The standard InChI is InChI=1S/C16H15ClFNO2/c1-10-8-12(4-7-14(10)18)16(21)19-9-15(20)11-2-5-13(17)6-3-11/h2-8,15,20H,9H2,1H3,(H,19,21). The SMILES string of the molecule is Cc1cc(C(=O)NCC(O)c2ccc(Cl)cc2)ccc1F. The summed E-state index contributed by atoms with van der Waals surface area (Å²) >= 11 is 5.77. The summed E-state index contributed by atoms with van der Waals surface area (Å²) < 4.78 is 13.1. The van der Waals surface area contributed by atoms with Crippen LogP contribution in [0.15, 0.2) is 42.5 Å². The normalized spacial score (nSPS) is 12.0. The highest BCUT2D eigenvalue weighted by molar-refractivity contribution is 6.30. The predicted octanol–water partition coefficient (Wildman–Crippen LogP) is 3.25. The zero-order valence-corrected chi connectivity index (χ0v) is 12.2. The van der Waals surface area contributed by atoms with Crippen LogP contribution in [0.1, 0.15) is 27.6 Å². The largest absolute Gasteiger partial charge is 0.387 e. The number of aliphatic hydroxyl groups is 1. The zero-order chi connectivity index (χ0) is 15.4. The number of halogens is 2. The molecular formula is C16H15ClFNO2. The van der Waals surface area contributed by atoms with Crippen LogP contribution in [-0.4, -0.2) is 17.6 Å². The van der Waals surface area contributed by atoms with Crippen molar-refractivity contribution in [1.82, 2.24) is 5.32 Å². The maximum atomic E-state index is 13.1. The van der Waals surface area contributed by atoms with Crippen molar-refractivity contribution in [3.8, 4) is 0 Å². The molecule has 0 aliphatic rings. The van der Waals surface area contributed by atoms with Gasteiger partial charge in [0, 0.05) is 17.1 Å². The topological polar surface area (TPSA) is 49.3 Å². The lowest BCUT2D eigenvalue weighted by atomic mass is 10.1. The minimum atomic E-state index is -0.826. The molecule has 0 saturated heterocycles. The molecule has 0 aliphatic carbocycles. The van der Waals surface area contributed by atoms with Gasteiger partial charge in [-0.3, -0.25) is 4.79 Å². The van der Waals surface area contributed by atoms with Crippen LogP contribution in [-0.2, 0) is 0 Å². The molecule has 0 saturated carbocycles. The van der Waals surface area contributed by atoms with Gasteiger partial charge in [0.25, 0.3) is 5.91 Å². The summed E-state index contributed by atoms with van der Waals surface area (Å²) in [6.07, 6.45) is -0.826. The first-order valence-corrected chi connectivity index (χ1v) is 6.83. The molecule has 1 amide bonds. The van der Waals surface area contributed by atoms with E-state index in [1.165, 1.54) is 18.2 Å². The van der Waals surface area contributed by atoms with Gasteiger partial charge in [-0.05, 0) is 48.4 Å². The number of benzene rings is 2. The van der Waals surface area contributed by atoms with Crippen LogP contribution >= 0.6 is 11.6 Å². The van der Waals surface area contributed by atoms with Gasteiger partial charge >= 0.3 is 0 Å². The van der Waals surface area contributed by atoms with E-state index in [-0.39, 0.29) is 18.3 Å². The lowest BCUT2D eigenvalue weighted by molar-refractivity contribution is 0.0916. The molecule has 110 valence electrons. The first-order valence-electron chi connectivity index (χ1n) is 6.45. The monoisotopic (exact) mass is 307 g/mol. The Kier molecular flexibility index (Phi) is 4.94. The van der Waals surface area contributed by atoms with Crippen molar-refractivity contribution in [3.63, 3.8) is 0 Å². The average Bonchev–Trinajstić information content (AvgIpc) is 2.48. The van der Waals surface area contributed by atoms with Crippen molar-refractivity contribution < 1.29 is 14.3 Å². The van der Waals surface area contributed by atoms with Gasteiger partial charge in [0.15, 0.2) is 0 Å². The number of carbonyl (C=O) groups excluding carboxylic acids is 1. The van der Waals surface area contributed by atoms with Crippen molar-refractivity contribution in [2.24, 2.45) is 0 Å². The number of hydrogen-bond acceptors (Lipinski definition) is 2. The van der Waals surface area contributed by atoms with Gasteiger partial charge in [-0.25, -0.2) is 4.39 Å². The molecule has 0 fully saturated rings. The lowest BCUT2D eigenvalue weighted by Gasteiger charge is -2.12. The maximum absolute atomic E-state index is 13.1. The molecule has 2 aromatic rings. The number of carbonyl (C=O) groups is 1. The Morgan fingerprint density at radius 3 is 2.57 bits per heavy atom. The third-order valence-corrected chi connectivity index (χ3v) is 3.38. The highest BCUT2D eigenvalue weighted by Crippen LogP contribution is 2.16. The van der Waals surface area contributed by atoms with Crippen molar-refractivity contribution in [2.75, 3.05) is 6.54 Å². The first kappa shape index (κ1) is 15.5. The second-order valence-corrected chi connectivity index (χ2v) is 5.18. The van der Waals surface area contributed by atoms with Crippen molar-refractivity contribution in [2.45, 2.75) is 13.0 Å². The van der Waals surface area contributed by atoms with Gasteiger partial charge in [-0.15, -0.1) is 0 Å². The van der Waals surface area contributed by atoms with Crippen LogP contribution in [0.2, 0.25) is 5.02 Å². The van der Waals surface area contributed by atoms with Crippen LogP contribution in [0.4, 0.5) is 4.39 Å². The van der Waals surface area contributed by atoms with E-state index in [1.54, 1.807) is 31.2 Å². The fourth-order valence-corrected chi connectivity index (χ4v) is 2.01. The Morgan fingerprint density at radius 2 is 1.95 bits per heavy atom. The molecule has 0 aliphatic heterocycles. The molecule has 1 unspecified atom stereocenters. The summed E-state index contributed by atoms with van der Waals surface area (Å²) in [7, 11) is 0. The van der Waals surface area contributed by atoms with Gasteiger partial charge in [0.05, 0.1) is 6.10 Å². The number of rotatable bonds is 4. The second kappa shape index (κ2) is 6.70. The zero-order valence-electron chi connectivity index (χ0n) is 11.4. The number of amides is 1. The molecule has 3 nitrogen and oxygen atoms in total. The van der Waals surface area contributed by atoms with Crippen molar-refractivity contribution in [3.05, 3.63) is 70.0 Å². The van der Waals surface area contributed by atoms with E-state index in [0.29, 0.717) is 21.7 Å². The maximum Gasteiger partial charge on any atom is 0.251 e. The molecular weight excluding hydrogens is 293 g/mol. The fraction of sp³-hybridized carbons (Fsp3) is 0.188. The van der Waals surface area contributed by atoms with E-state index in [4.69, 9.17) is 11.6 Å². The molecule has 1 atom stereocenters. The predicted molar refractivity (Wildman–Crippen MR) is 79.9 cm³/mol. The third-order valence-electron chi connectivity index (χ3n) is 3.13. The number of nitrogens with one attached hydrogen (secondary N) is 1. The molecule has 2 aromatic carbocycles. The average molecular weight is 308 g/mol. The minimum absolute atomic E-state index is 0.0664. The quantitative estimate of drug-likeness (QED) is 0.911. The minimum Gasteiger partial charge on any atom is -0.387 e. The Hall–Kier alpha value is -1.91. The Bertz CT molecular complexity index is 643. The van der Waals surface area contributed by atoms with Crippen molar-refractivity contribution in [1.29, 1.82) is 0 Å². The van der Waals surface area contributed by atoms with E-state index in [9.17, 15) is 14.3 Å². The van der Waals surface area contributed by atoms with Crippen LogP contribution in [0, 0.1) is 12.7 Å². The first-order chi connectivity index (χ1) is 9.97. The van der Waals surface area contributed by atoms with Gasteiger partial charge in [0.2, 0.25) is 0 Å². The molecule has 2 rings (SSSR count). The molecule has 2 N–H and O–H groups in total. The van der Waals surface area contributed by atoms with Crippen LogP contribution < -0.4 is 5.32 Å². The van der Waals surface area contributed by atoms with E-state index < -0.39 is 6.10 Å². The highest BCUT2D eigenvalue weighted by atomic mass is 35.5. The Morgan fingerprint density at radius 1 is 1.29 bits per heavy atom. The van der Waals surface area contributed by atoms with Gasteiger partial charge in [-0.1, -0.05) is 23.7 Å². The van der Waals surface area contributed by atoms with E-state index in [2.05, 4.69) is 5.32 Å². The van der Waals surface area contributed by atoms with Gasteiger partial charge in [0.1, 0.15) is 5.82 Å². The molecule has 0 heterocycles. The van der Waals surface area contributed by atoms with E-state index >= 15 is 0 Å². The number of hydrogen-bond donors (Lipinski definition) is 2. The smallest absolute Gasteiger partial charge is 0.251 e. The summed E-state index contributed by atoms with van der Waals surface area (Å²) in [5.74, 6) is -0.709. The highest BCUT2D eigenvalue weighted by Gasteiger charge is 2.11. The van der Waals surface area contributed by atoms with Gasteiger partial charge in [-0.2, -0.15) is 0 Å². The lowest BCUT2D eigenvalue weighted by Crippen LogP contribution is -2.28. The van der Waals surface area contributed by atoms with Crippen LogP contribution in [0.5, 0.6) is 0 Å². The van der Waals surface area contributed by atoms with E-state index in [0.717, 1.165) is 0 Å². The number of aliphatic hydroxyl groups excluding tert-OH is 1. The van der Waals surface area contributed by atoms with Crippen LogP contribution in [0.3, 0.4) is 0 Å². The Balaban J connectivity index is 1.97. The number of aryl methyl sites for hydroxylation is 1. The summed E-state index contributed by atoms with van der Waals surface area (Å²) in [4.78, 5) is 11.9. The van der Waals surface area contributed by atoms with Crippen molar-refractivity contribution >= 4 is 17.5 Å². The molecule has 21 heavy (non-hydrogen) atoms. The van der Waals surface area contributed by atoms with Gasteiger partial charge < -0.3 is 10.4 Å². The molecule has 0 bridgehead atoms. The molecule has 0 aromatic heterocycles. The van der Waals surface area contributed by atoms with E-state index in [1.807, 2.05) is 0 Å². The second-order valence-electron chi connectivity index (χ2n) is 4.74. The summed E-state index contributed by atoms with van der Waals surface area (Å²) in [6.45, 7) is 1.66. The summed E-state index contributed by atoms with van der Waals surface area (Å²) in [5, 5.41) is 13.2. The Labute approximate surface area is 127 Å². The van der Waals surface area contributed by atoms with Crippen LogP contribution in [0.25, 0.3) is 0 Å². The third kappa shape index (κ3) is 4.03. The summed E-state index contributed by atoms with van der Waals surface area (Å²) in [5.41, 5.74) is 1.42.